The zero-order valence-corrected chi connectivity index (χ0v) is 14.6. The fraction of sp³-hybridized carbons (Fsp3) is 0.450. The first-order chi connectivity index (χ1) is 10.8. The van der Waals surface area contributed by atoms with E-state index in [-0.39, 0.29) is 5.54 Å². The van der Waals surface area contributed by atoms with Crippen LogP contribution < -0.4 is 4.90 Å². The summed E-state index contributed by atoms with van der Waals surface area (Å²) in [6.07, 6.45) is 2.97. The van der Waals surface area contributed by atoms with Crippen molar-refractivity contribution in [3.05, 3.63) is 36.0 Å². The predicted octanol–water partition coefficient (Wildman–Crippen LogP) is 5.30. The first-order valence-electron chi connectivity index (χ1n) is 8.33. The minimum Gasteiger partial charge on any atom is -0.436 e. The van der Waals surface area contributed by atoms with Gasteiger partial charge in [-0.05, 0) is 50.3 Å². The van der Waals surface area contributed by atoms with Gasteiger partial charge in [0.15, 0.2) is 5.58 Å². The molecule has 23 heavy (non-hydrogen) atoms. The van der Waals surface area contributed by atoms with E-state index in [0.717, 1.165) is 28.6 Å². The first-order valence-corrected chi connectivity index (χ1v) is 8.33. The van der Waals surface area contributed by atoms with Crippen LogP contribution in [-0.4, -0.2) is 17.1 Å². The summed E-state index contributed by atoms with van der Waals surface area (Å²) in [7, 11) is 0. The molecule has 0 radical (unpaired) electrons. The summed E-state index contributed by atoms with van der Waals surface area (Å²) in [6.45, 7) is 12.6. The highest BCUT2D eigenvalue weighted by Crippen LogP contribution is 2.47. The SMILES string of the molecule is Cc1ccc2c(oc3ncccc32)c1N1CC(C)(C)CC1(C)C. The van der Waals surface area contributed by atoms with Crippen LogP contribution in [0, 0.1) is 12.3 Å². The average Bonchev–Trinajstić information content (AvgIpc) is 2.92. The van der Waals surface area contributed by atoms with Crippen molar-refractivity contribution in [3.63, 3.8) is 0 Å². The standard InChI is InChI=1S/C20H24N2O/c1-13-8-9-14-15-7-6-10-21-18(15)23-17(14)16(13)22-12-19(2,3)11-20(22,4)5/h6-10H,11-12H2,1-5H3. The molecular weight excluding hydrogens is 284 g/mol. The Balaban J connectivity index is 2.01. The third kappa shape index (κ3) is 2.13. The second-order valence-corrected chi connectivity index (χ2v) is 8.31. The van der Waals surface area contributed by atoms with E-state index in [0.29, 0.717) is 5.41 Å². The Morgan fingerprint density at radius 1 is 1.09 bits per heavy atom. The van der Waals surface area contributed by atoms with Crippen molar-refractivity contribution in [2.75, 3.05) is 11.4 Å². The largest absolute Gasteiger partial charge is 0.436 e. The normalized spacial score (nSPS) is 19.8. The van der Waals surface area contributed by atoms with Crippen molar-refractivity contribution < 1.29 is 4.42 Å². The van der Waals surface area contributed by atoms with E-state index in [4.69, 9.17) is 4.42 Å². The van der Waals surface area contributed by atoms with Gasteiger partial charge >= 0.3 is 0 Å². The molecule has 3 heteroatoms. The number of aromatic nitrogens is 1. The second-order valence-electron chi connectivity index (χ2n) is 8.31. The van der Waals surface area contributed by atoms with Gasteiger partial charge in [0.25, 0.3) is 0 Å². The van der Waals surface area contributed by atoms with Crippen molar-refractivity contribution in [1.29, 1.82) is 0 Å². The number of hydrogen-bond acceptors (Lipinski definition) is 3. The van der Waals surface area contributed by atoms with Crippen molar-refractivity contribution in [2.45, 2.75) is 46.6 Å². The fourth-order valence-electron chi connectivity index (χ4n) is 4.44. The van der Waals surface area contributed by atoms with Crippen LogP contribution in [0.2, 0.25) is 0 Å². The minimum atomic E-state index is 0.120. The van der Waals surface area contributed by atoms with E-state index in [1.807, 2.05) is 6.07 Å². The Morgan fingerprint density at radius 2 is 1.87 bits per heavy atom. The minimum absolute atomic E-state index is 0.120. The van der Waals surface area contributed by atoms with E-state index in [9.17, 15) is 0 Å². The van der Waals surface area contributed by atoms with Crippen molar-refractivity contribution in [3.8, 4) is 0 Å². The molecule has 0 atom stereocenters. The van der Waals surface area contributed by atoms with Gasteiger partial charge in [0, 0.05) is 29.1 Å². The summed E-state index contributed by atoms with van der Waals surface area (Å²) >= 11 is 0. The van der Waals surface area contributed by atoms with Crippen LogP contribution >= 0.6 is 0 Å². The highest BCUT2D eigenvalue weighted by atomic mass is 16.3. The Labute approximate surface area is 137 Å². The van der Waals surface area contributed by atoms with E-state index in [1.165, 1.54) is 17.7 Å². The molecule has 0 saturated carbocycles. The van der Waals surface area contributed by atoms with E-state index >= 15 is 0 Å². The Kier molecular flexibility index (Phi) is 2.85. The highest BCUT2D eigenvalue weighted by Gasteiger charge is 2.44. The van der Waals surface area contributed by atoms with Gasteiger partial charge in [-0.15, -0.1) is 0 Å². The molecule has 3 nitrogen and oxygen atoms in total. The second kappa shape index (κ2) is 4.50. The molecule has 1 aliphatic rings. The number of furan rings is 1. The van der Waals surface area contributed by atoms with E-state index in [1.54, 1.807) is 6.20 Å². The molecule has 0 bridgehead atoms. The van der Waals surface area contributed by atoms with Gasteiger partial charge < -0.3 is 9.32 Å². The Bertz CT molecular complexity index is 905. The lowest BCUT2D eigenvalue weighted by Gasteiger charge is -2.34. The summed E-state index contributed by atoms with van der Waals surface area (Å²) in [5.41, 5.74) is 4.63. The Hall–Kier alpha value is -2.03. The number of hydrogen-bond donors (Lipinski definition) is 0. The molecule has 0 spiro atoms. The fourth-order valence-corrected chi connectivity index (χ4v) is 4.44. The van der Waals surface area contributed by atoms with Gasteiger partial charge in [-0.25, -0.2) is 4.98 Å². The molecule has 3 heterocycles. The molecule has 1 aliphatic heterocycles. The summed E-state index contributed by atoms with van der Waals surface area (Å²) in [5, 5.41) is 2.26. The molecule has 0 amide bonds. The van der Waals surface area contributed by atoms with Gasteiger partial charge in [-0.3, -0.25) is 0 Å². The monoisotopic (exact) mass is 308 g/mol. The van der Waals surface area contributed by atoms with Gasteiger partial charge in [-0.2, -0.15) is 0 Å². The van der Waals surface area contributed by atoms with Crippen molar-refractivity contribution in [2.24, 2.45) is 5.41 Å². The maximum Gasteiger partial charge on any atom is 0.227 e. The average molecular weight is 308 g/mol. The number of pyridine rings is 1. The summed E-state index contributed by atoms with van der Waals surface area (Å²) in [5.74, 6) is 0. The highest BCUT2D eigenvalue weighted by molar-refractivity contribution is 6.08. The van der Waals surface area contributed by atoms with E-state index < -0.39 is 0 Å². The number of benzene rings is 1. The molecule has 1 aromatic carbocycles. The van der Waals surface area contributed by atoms with E-state index in [2.05, 4.69) is 62.7 Å². The van der Waals surface area contributed by atoms with Crippen LogP contribution in [-0.2, 0) is 0 Å². The molecule has 0 unspecified atom stereocenters. The number of rotatable bonds is 1. The number of fused-ring (bicyclic) bond motifs is 3. The smallest absolute Gasteiger partial charge is 0.227 e. The number of nitrogens with zero attached hydrogens (tertiary/aromatic N) is 2. The summed E-state index contributed by atoms with van der Waals surface area (Å²) < 4.78 is 6.19. The quantitative estimate of drug-likeness (QED) is 0.610. The van der Waals surface area contributed by atoms with Gasteiger partial charge in [-0.1, -0.05) is 26.0 Å². The summed E-state index contributed by atoms with van der Waals surface area (Å²) in [4.78, 5) is 6.93. The topological polar surface area (TPSA) is 29.3 Å². The van der Waals surface area contributed by atoms with Crippen LogP contribution in [0.4, 0.5) is 5.69 Å². The zero-order chi connectivity index (χ0) is 16.4. The van der Waals surface area contributed by atoms with Gasteiger partial charge in [0.2, 0.25) is 5.71 Å². The molecular formula is C20H24N2O. The molecule has 2 aromatic heterocycles. The van der Waals surface area contributed by atoms with Gasteiger partial charge in [0.1, 0.15) is 0 Å². The molecule has 120 valence electrons. The molecule has 4 rings (SSSR count). The zero-order valence-electron chi connectivity index (χ0n) is 14.6. The Morgan fingerprint density at radius 3 is 2.57 bits per heavy atom. The first kappa shape index (κ1) is 14.6. The molecule has 1 fully saturated rings. The van der Waals surface area contributed by atoms with Crippen molar-refractivity contribution >= 4 is 27.8 Å². The lowest BCUT2D eigenvalue weighted by Crippen LogP contribution is -2.38. The van der Waals surface area contributed by atoms with Crippen molar-refractivity contribution in [1.82, 2.24) is 4.98 Å². The predicted molar refractivity (Wildman–Crippen MR) is 96.1 cm³/mol. The molecule has 3 aromatic rings. The maximum atomic E-state index is 6.19. The van der Waals surface area contributed by atoms with Crippen LogP contribution in [0.1, 0.15) is 39.7 Å². The van der Waals surface area contributed by atoms with Crippen LogP contribution in [0.5, 0.6) is 0 Å². The number of anilines is 1. The number of aryl methyl sites for hydroxylation is 1. The molecule has 1 saturated heterocycles. The molecule has 0 aliphatic carbocycles. The third-order valence-corrected chi connectivity index (χ3v) is 5.09. The third-order valence-electron chi connectivity index (χ3n) is 5.09. The van der Waals surface area contributed by atoms with Crippen LogP contribution in [0.25, 0.3) is 22.1 Å². The van der Waals surface area contributed by atoms with Crippen LogP contribution in [0.15, 0.2) is 34.9 Å². The summed E-state index contributed by atoms with van der Waals surface area (Å²) in [6, 6.07) is 8.43. The lowest BCUT2D eigenvalue weighted by atomic mass is 9.86. The molecule has 0 N–H and O–H groups in total. The van der Waals surface area contributed by atoms with Crippen LogP contribution in [0.3, 0.4) is 0 Å². The van der Waals surface area contributed by atoms with Gasteiger partial charge in [0.05, 0.1) is 5.69 Å². The lowest BCUT2D eigenvalue weighted by molar-refractivity contribution is 0.371. The maximum absolute atomic E-state index is 6.19.